The Labute approximate surface area is 126 Å². The van der Waals surface area contributed by atoms with Gasteiger partial charge in [0.05, 0.1) is 23.9 Å². The molecule has 1 N–H and O–H groups in total. The van der Waals surface area contributed by atoms with Crippen LogP contribution in [0.4, 0.5) is 8.78 Å². The van der Waals surface area contributed by atoms with E-state index in [-0.39, 0.29) is 12.1 Å². The summed E-state index contributed by atoms with van der Waals surface area (Å²) >= 11 is 0. The highest BCUT2D eigenvalue weighted by atomic mass is 19.1. The van der Waals surface area contributed by atoms with Crippen molar-refractivity contribution in [2.45, 2.75) is 18.6 Å². The summed E-state index contributed by atoms with van der Waals surface area (Å²) in [7, 11) is 0. The maximum absolute atomic E-state index is 13.8. The molecule has 0 bridgehead atoms. The number of benzene rings is 1. The van der Waals surface area contributed by atoms with Gasteiger partial charge in [0.2, 0.25) is 0 Å². The van der Waals surface area contributed by atoms with Crippen LogP contribution >= 0.6 is 0 Å². The Morgan fingerprint density at radius 1 is 1.32 bits per heavy atom. The third-order valence-electron chi connectivity index (χ3n) is 3.78. The van der Waals surface area contributed by atoms with Crippen molar-refractivity contribution in [2.75, 3.05) is 6.54 Å². The number of nitrogens with zero attached hydrogens (tertiary/aromatic N) is 2. The highest BCUT2D eigenvalue weighted by molar-refractivity contribution is 5.94. The van der Waals surface area contributed by atoms with Crippen LogP contribution in [-0.2, 0) is 0 Å². The standard InChI is InChI=1S/C16H14F2N2O2/c17-11-3-1-2-10(6-11)15-7-12(21)9-20(15)16(22)13-4-5-19-8-14(13)18/h1-6,8,12,15,21H,7,9H2/t12-,15+/m1/s1. The SMILES string of the molecule is O=C(c1ccncc1F)N1C[C@H](O)C[C@H]1c1cccc(F)c1. The Balaban J connectivity index is 1.94. The second-order valence-corrected chi connectivity index (χ2v) is 5.27. The normalized spacial score (nSPS) is 21.1. The van der Waals surface area contributed by atoms with Crippen molar-refractivity contribution in [1.29, 1.82) is 0 Å². The zero-order valence-corrected chi connectivity index (χ0v) is 11.6. The van der Waals surface area contributed by atoms with Crippen LogP contribution in [0.25, 0.3) is 0 Å². The van der Waals surface area contributed by atoms with Crippen LogP contribution in [0.5, 0.6) is 0 Å². The van der Waals surface area contributed by atoms with Gasteiger partial charge in [0.15, 0.2) is 5.82 Å². The molecule has 4 nitrogen and oxygen atoms in total. The van der Waals surface area contributed by atoms with E-state index in [0.29, 0.717) is 12.0 Å². The van der Waals surface area contributed by atoms with Gasteiger partial charge < -0.3 is 10.0 Å². The van der Waals surface area contributed by atoms with Crippen molar-refractivity contribution < 1.29 is 18.7 Å². The maximum atomic E-state index is 13.8. The summed E-state index contributed by atoms with van der Waals surface area (Å²) in [5, 5.41) is 9.87. The summed E-state index contributed by atoms with van der Waals surface area (Å²) < 4.78 is 27.2. The summed E-state index contributed by atoms with van der Waals surface area (Å²) in [6.45, 7) is 0.0851. The minimum atomic E-state index is -0.720. The van der Waals surface area contributed by atoms with E-state index in [0.717, 1.165) is 6.20 Å². The highest BCUT2D eigenvalue weighted by Crippen LogP contribution is 2.33. The molecule has 2 atom stereocenters. The van der Waals surface area contributed by atoms with E-state index in [4.69, 9.17) is 0 Å². The van der Waals surface area contributed by atoms with Crippen molar-refractivity contribution in [2.24, 2.45) is 0 Å². The number of carbonyl (C=O) groups excluding carboxylic acids is 1. The third-order valence-corrected chi connectivity index (χ3v) is 3.78. The first-order valence-electron chi connectivity index (χ1n) is 6.90. The molecule has 0 aliphatic carbocycles. The number of hydrogen-bond acceptors (Lipinski definition) is 3. The number of carbonyl (C=O) groups is 1. The summed E-state index contributed by atoms with van der Waals surface area (Å²) in [5.74, 6) is -1.67. The van der Waals surface area contributed by atoms with Crippen LogP contribution in [0.15, 0.2) is 42.7 Å². The molecule has 1 aliphatic heterocycles. The first-order valence-corrected chi connectivity index (χ1v) is 6.90. The molecule has 114 valence electrons. The smallest absolute Gasteiger partial charge is 0.257 e. The molecule has 6 heteroatoms. The molecule has 1 aromatic carbocycles. The number of amides is 1. The highest BCUT2D eigenvalue weighted by Gasteiger charge is 2.36. The molecule has 3 rings (SSSR count). The van der Waals surface area contributed by atoms with E-state index < -0.39 is 29.7 Å². The minimum absolute atomic E-state index is 0.0851. The van der Waals surface area contributed by atoms with Crippen LogP contribution in [0, 0.1) is 11.6 Å². The van der Waals surface area contributed by atoms with Gasteiger partial charge in [-0.2, -0.15) is 0 Å². The van der Waals surface area contributed by atoms with Gasteiger partial charge in [0.1, 0.15) is 5.82 Å². The van der Waals surface area contributed by atoms with Gasteiger partial charge in [-0.3, -0.25) is 9.78 Å². The van der Waals surface area contributed by atoms with Gasteiger partial charge in [-0.05, 0) is 30.2 Å². The Morgan fingerprint density at radius 2 is 2.14 bits per heavy atom. The average Bonchev–Trinajstić information content (AvgIpc) is 2.89. The lowest BCUT2D eigenvalue weighted by atomic mass is 10.0. The summed E-state index contributed by atoms with van der Waals surface area (Å²) in [5.41, 5.74) is 0.477. The van der Waals surface area contributed by atoms with Crippen molar-refractivity contribution in [3.05, 3.63) is 65.5 Å². The lowest BCUT2D eigenvalue weighted by Crippen LogP contribution is -2.32. The molecule has 2 heterocycles. The Morgan fingerprint density at radius 3 is 2.86 bits per heavy atom. The minimum Gasteiger partial charge on any atom is -0.391 e. The maximum Gasteiger partial charge on any atom is 0.257 e. The zero-order valence-electron chi connectivity index (χ0n) is 11.6. The second-order valence-electron chi connectivity index (χ2n) is 5.27. The third kappa shape index (κ3) is 2.69. The van der Waals surface area contributed by atoms with Crippen LogP contribution in [0.3, 0.4) is 0 Å². The predicted octanol–water partition coefficient (Wildman–Crippen LogP) is 2.31. The zero-order chi connectivity index (χ0) is 15.7. The van der Waals surface area contributed by atoms with E-state index in [1.165, 1.54) is 29.3 Å². The first-order chi connectivity index (χ1) is 10.6. The summed E-state index contributed by atoms with van der Waals surface area (Å²) in [6, 6.07) is 6.69. The molecule has 1 aromatic heterocycles. The van der Waals surface area contributed by atoms with Gasteiger partial charge in [0.25, 0.3) is 5.91 Å². The van der Waals surface area contributed by atoms with Gasteiger partial charge in [0, 0.05) is 12.7 Å². The lowest BCUT2D eigenvalue weighted by Gasteiger charge is -2.25. The molecule has 1 saturated heterocycles. The number of aliphatic hydroxyl groups excluding tert-OH is 1. The number of likely N-dealkylation sites (tertiary alicyclic amines) is 1. The molecule has 2 aromatic rings. The molecule has 1 amide bonds. The number of halogens is 2. The molecule has 1 fully saturated rings. The predicted molar refractivity (Wildman–Crippen MR) is 75.0 cm³/mol. The van der Waals surface area contributed by atoms with E-state index in [9.17, 15) is 18.7 Å². The van der Waals surface area contributed by atoms with Gasteiger partial charge >= 0.3 is 0 Å². The number of aromatic nitrogens is 1. The van der Waals surface area contributed by atoms with Crippen molar-refractivity contribution in [1.82, 2.24) is 9.88 Å². The molecule has 0 spiro atoms. The fraction of sp³-hybridized carbons (Fsp3) is 0.250. The molecule has 0 radical (unpaired) electrons. The van der Waals surface area contributed by atoms with Gasteiger partial charge in [-0.1, -0.05) is 12.1 Å². The Bertz CT molecular complexity index is 708. The quantitative estimate of drug-likeness (QED) is 0.926. The van der Waals surface area contributed by atoms with Crippen molar-refractivity contribution >= 4 is 5.91 Å². The number of hydrogen-bond donors (Lipinski definition) is 1. The van der Waals surface area contributed by atoms with Crippen LogP contribution < -0.4 is 0 Å². The van der Waals surface area contributed by atoms with Crippen LogP contribution in [0.1, 0.15) is 28.4 Å². The number of rotatable bonds is 2. The molecule has 0 saturated carbocycles. The van der Waals surface area contributed by atoms with Crippen LogP contribution in [0.2, 0.25) is 0 Å². The van der Waals surface area contributed by atoms with E-state index in [1.807, 2.05) is 0 Å². The molecule has 1 aliphatic rings. The van der Waals surface area contributed by atoms with E-state index in [2.05, 4.69) is 4.98 Å². The van der Waals surface area contributed by atoms with Gasteiger partial charge in [-0.25, -0.2) is 8.78 Å². The second kappa shape index (κ2) is 5.81. The summed E-state index contributed by atoms with van der Waals surface area (Å²) in [6.07, 6.45) is 1.88. The van der Waals surface area contributed by atoms with E-state index in [1.54, 1.807) is 12.1 Å². The van der Waals surface area contributed by atoms with Crippen LogP contribution in [-0.4, -0.2) is 33.5 Å². The van der Waals surface area contributed by atoms with Crippen molar-refractivity contribution in [3.8, 4) is 0 Å². The Kier molecular flexibility index (Phi) is 3.85. The largest absolute Gasteiger partial charge is 0.391 e. The number of β-amino-alcohol motifs (C(OH)–C–C–N with tert-alkyl or cyclic N) is 1. The average molecular weight is 304 g/mol. The molecule has 22 heavy (non-hydrogen) atoms. The number of pyridine rings is 1. The van der Waals surface area contributed by atoms with Gasteiger partial charge in [-0.15, -0.1) is 0 Å². The van der Waals surface area contributed by atoms with E-state index >= 15 is 0 Å². The van der Waals surface area contributed by atoms with Crippen molar-refractivity contribution in [3.63, 3.8) is 0 Å². The number of aliphatic hydroxyl groups is 1. The molecular formula is C16H14F2N2O2. The first kappa shape index (κ1) is 14.6. The summed E-state index contributed by atoms with van der Waals surface area (Å²) in [4.78, 5) is 17.5. The fourth-order valence-corrected chi connectivity index (χ4v) is 2.77. The molecule has 0 unspecified atom stereocenters. The lowest BCUT2D eigenvalue weighted by molar-refractivity contribution is 0.0710. The fourth-order valence-electron chi connectivity index (χ4n) is 2.77. The monoisotopic (exact) mass is 304 g/mol. The topological polar surface area (TPSA) is 53.4 Å². The Hall–Kier alpha value is -2.34. The molecular weight excluding hydrogens is 290 g/mol.